The van der Waals surface area contributed by atoms with E-state index in [0.717, 1.165) is 25.9 Å². The van der Waals surface area contributed by atoms with Crippen molar-refractivity contribution in [1.82, 2.24) is 10.2 Å². The maximum atomic E-state index is 11.9. The van der Waals surface area contributed by atoms with Crippen LogP contribution in [-0.2, 0) is 4.79 Å². The van der Waals surface area contributed by atoms with Crippen LogP contribution < -0.4 is 11.1 Å². The van der Waals surface area contributed by atoms with Crippen molar-refractivity contribution in [2.75, 3.05) is 20.1 Å². The standard InChI is InChI=1S/C14H27N3O/c1-17-8-4-6-12(17)10-16-14(18)9-11-5-2-3-7-13(11)15/h11-13H,2-10,15H2,1H3,(H,16,18). The summed E-state index contributed by atoms with van der Waals surface area (Å²) in [6.07, 6.45) is 7.76. The minimum Gasteiger partial charge on any atom is -0.355 e. The number of likely N-dealkylation sites (N-methyl/N-ethyl adjacent to an activating group) is 1. The molecule has 0 spiro atoms. The minimum atomic E-state index is 0.192. The first-order valence-electron chi connectivity index (χ1n) is 7.39. The van der Waals surface area contributed by atoms with E-state index >= 15 is 0 Å². The fourth-order valence-electron chi connectivity index (χ4n) is 3.27. The van der Waals surface area contributed by atoms with Crippen molar-refractivity contribution in [2.45, 2.75) is 57.0 Å². The highest BCUT2D eigenvalue weighted by molar-refractivity contribution is 5.76. The molecule has 18 heavy (non-hydrogen) atoms. The molecule has 4 nitrogen and oxygen atoms in total. The van der Waals surface area contributed by atoms with Crippen molar-refractivity contribution in [2.24, 2.45) is 11.7 Å². The minimum absolute atomic E-state index is 0.192. The second kappa shape index (κ2) is 6.53. The third-order valence-electron chi connectivity index (χ3n) is 4.62. The Morgan fingerprint density at radius 3 is 2.72 bits per heavy atom. The molecule has 4 heteroatoms. The number of nitrogens with one attached hydrogen (secondary N) is 1. The Bertz CT molecular complexity index is 282. The lowest BCUT2D eigenvalue weighted by atomic mass is 9.83. The summed E-state index contributed by atoms with van der Waals surface area (Å²) in [5.74, 6) is 0.595. The molecular weight excluding hydrogens is 226 g/mol. The van der Waals surface area contributed by atoms with Crippen LogP contribution in [0.1, 0.15) is 44.9 Å². The van der Waals surface area contributed by atoms with E-state index in [1.54, 1.807) is 0 Å². The first-order valence-corrected chi connectivity index (χ1v) is 7.39. The molecule has 3 atom stereocenters. The lowest BCUT2D eigenvalue weighted by Gasteiger charge is -2.28. The second-order valence-corrected chi connectivity index (χ2v) is 5.99. The summed E-state index contributed by atoms with van der Waals surface area (Å²) < 4.78 is 0. The molecule has 2 fully saturated rings. The summed E-state index contributed by atoms with van der Waals surface area (Å²) in [6.45, 7) is 1.96. The number of hydrogen-bond donors (Lipinski definition) is 2. The van der Waals surface area contributed by atoms with Crippen LogP contribution in [0.5, 0.6) is 0 Å². The van der Waals surface area contributed by atoms with Gasteiger partial charge in [0.1, 0.15) is 0 Å². The van der Waals surface area contributed by atoms with E-state index in [1.165, 1.54) is 25.7 Å². The van der Waals surface area contributed by atoms with Crippen molar-refractivity contribution in [3.8, 4) is 0 Å². The molecule has 0 aromatic carbocycles. The Hall–Kier alpha value is -0.610. The molecule has 3 N–H and O–H groups in total. The zero-order valence-electron chi connectivity index (χ0n) is 11.5. The zero-order valence-corrected chi connectivity index (χ0v) is 11.5. The van der Waals surface area contributed by atoms with Crippen LogP contribution in [0.25, 0.3) is 0 Å². The third-order valence-corrected chi connectivity index (χ3v) is 4.62. The van der Waals surface area contributed by atoms with Gasteiger partial charge in [0, 0.05) is 25.0 Å². The van der Waals surface area contributed by atoms with Crippen LogP contribution in [0.2, 0.25) is 0 Å². The summed E-state index contributed by atoms with van der Waals surface area (Å²) in [6, 6.07) is 0.771. The van der Waals surface area contributed by atoms with E-state index in [1.807, 2.05) is 0 Å². The van der Waals surface area contributed by atoms with Gasteiger partial charge >= 0.3 is 0 Å². The first-order chi connectivity index (χ1) is 8.66. The molecule has 3 unspecified atom stereocenters. The number of carbonyl (C=O) groups is 1. The molecular formula is C14H27N3O. The number of amides is 1. The zero-order chi connectivity index (χ0) is 13.0. The van der Waals surface area contributed by atoms with Gasteiger partial charge in [-0.3, -0.25) is 4.79 Å². The van der Waals surface area contributed by atoms with E-state index in [0.29, 0.717) is 18.4 Å². The number of hydrogen-bond acceptors (Lipinski definition) is 3. The van der Waals surface area contributed by atoms with Crippen molar-refractivity contribution in [1.29, 1.82) is 0 Å². The van der Waals surface area contributed by atoms with Crippen molar-refractivity contribution < 1.29 is 4.79 Å². The Morgan fingerprint density at radius 2 is 2.06 bits per heavy atom. The summed E-state index contributed by atoms with van der Waals surface area (Å²) in [4.78, 5) is 14.3. The number of likely N-dealkylation sites (tertiary alicyclic amines) is 1. The van der Waals surface area contributed by atoms with E-state index in [4.69, 9.17) is 5.73 Å². The molecule has 2 aliphatic rings. The maximum absolute atomic E-state index is 11.9. The molecule has 104 valence electrons. The third kappa shape index (κ3) is 3.69. The average molecular weight is 253 g/mol. The van der Waals surface area contributed by atoms with Gasteiger partial charge in [0.25, 0.3) is 0 Å². The van der Waals surface area contributed by atoms with E-state index in [2.05, 4.69) is 17.3 Å². The number of nitrogens with two attached hydrogens (primary N) is 1. The molecule has 1 aliphatic heterocycles. The van der Waals surface area contributed by atoms with Crippen molar-refractivity contribution >= 4 is 5.91 Å². The van der Waals surface area contributed by atoms with E-state index < -0.39 is 0 Å². The first kappa shape index (κ1) is 13.8. The van der Waals surface area contributed by atoms with E-state index in [-0.39, 0.29) is 11.9 Å². The van der Waals surface area contributed by atoms with Gasteiger partial charge in [-0.1, -0.05) is 12.8 Å². The van der Waals surface area contributed by atoms with Gasteiger partial charge in [0.05, 0.1) is 0 Å². The normalized spacial score (nSPS) is 33.6. The quantitative estimate of drug-likeness (QED) is 0.789. The van der Waals surface area contributed by atoms with Crippen LogP contribution in [0, 0.1) is 5.92 Å². The largest absolute Gasteiger partial charge is 0.355 e. The monoisotopic (exact) mass is 253 g/mol. The lowest BCUT2D eigenvalue weighted by Crippen LogP contribution is -2.41. The number of nitrogens with zero attached hydrogens (tertiary/aromatic N) is 1. The summed E-state index contributed by atoms with van der Waals surface area (Å²) >= 11 is 0. The van der Waals surface area contributed by atoms with Crippen LogP contribution in [-0.4, -0.2) is 43.0 Å². The second-order valence-electron chi connectivity index (χ2n) is 5.99. The van der Waals surface area contributed by atoms with Crippen LogP contribution in [0.15, 0.2) is 0 Å². The molecule has 1 saturated carbocycles. The van der Waals surface area contributed by atoms with E-state index in [9.17, 15) is 4.79 Å². The van der Waals surface area contributed by atoms with Crippen LogP contribution >= 0.6 is 0 Å². The SMILES string of the molecule is CN1CCCC1CNC(=O)CC1CCCCC1N. The topological polar surface area (TPSA) is 58.4 Å². The van der Waals surface area contributed by atoms with Crippen LogP contribution in [0.3, 0.4) is 0 Å². The molecule has 1 heterocycles. The smallest absolute Gasteiger partial charge is 0.220 e. The molecule has 1 saturated heterocycles. The number of rotatable bonds is 4. The summed E-state index contributed by atoms with van der Waals surface area (Å²) in [5.41, 5.74) is 6.08. The van der Waals surface area contributed by atoms with Crippen LogP contribution in [0.4, 0.5) is 0 Å². The Kier molecular flexibility index (Phi) is 5.01. The molecule has 1 aliphatic carbocycles. The molecule has 1 amide bonds. The summed E-state index contributed by atoms with van der Waals surface area (Å²) in [5, 5.41) is 3.09. The van der Waals surface area contributed by atoms with Gasteiger partial charge in [0.15, 0.2) is 0 Å². The number of carbonyl (C=O) groups excluding carboxylic acids is 1. The highest BCUT2D eigenvalue weighted by Gasteiger charge is 2.25. The molecule has 2 rings (SSSR count). The fraction of sp³-hybridized carbons (Fsp3) is 0.929. The molecule has 0 aromatic heterocycles. The lowest BCUT2D eigenvalue weighted by molar-refractivity contribution is -0.122. The highest BCUT2D eigenvalue weighted by Crippen LogP contribution is 2.25. The molecule has 0 aromatic rings. The van der Waals surface area contributed by atoms with Gasteiger partial charge in [-0.05, 0) is 45.2 Å². The predicted molar refractivity (Wildman–Crippen MR) is 73.2 cm³/mol. The van der Waals surface area contributed by atoms with Gasteiger partial charge in [-0.15, -0.1) is 0 Å². The predicted octanol–water partition coefficient (Wildman–Crippen LogP) is 1.10. The fourth-order valence-corrected chi connectivity index (χ4v) is 3.27. The van der Waals surface area contributed by atoms with Gasteiger partial charge in [-0.2, -0.15) is 0 Å². The maximum Gasteiger partial charge on any atom is 0.220 e. The Labute approximate surface area is 110 Å². The Morgan fingerprint density at radius 1 is 1.28 bits per heavy atom. The van der Waals surface area contributed by atoms with Crippen molar-refractivity contribution in [3.63, 3.8) is 0 Å². The molecule has 0 radical (unpaired) electrons. The Balaban J connectivity index is 1.68. The van der Waals surface area contributed by atoms with Gasteiger partial charge in [-0.25, -0.2) is 0 Å². The highest BCUT2D eigenvalue weighted by atomic mass is 16.1. The van der Waals surface area contributed by atoms with Gasteiger partial charge < -0.3 is 16.0 Å². The summed E-state index contributed by atoms with van der Waals surface area (Å²) in [7, 11) is 2.14. The average Bonchev–Trinajstić information content (AvgIpc) is 2.75. The van der Waals surface area contributed by atoms with Crippen molar-refractivity contribution in [3.05, 3.63) is 0 Å². The van der Waals surface area contributed by atoms with Gasteiger partial charge in [0.2, 0.25) is 5.91 Å². The molecule has 0 bridgehead atoms.